The van der Waals surface area contributed by atoms with Crippen molar-refractivity contribution in [3.05, 3.63) is 35.4 Å². The number of halogens is 3. The molecule has 4 nitrogen and oxygen atoms in total. The van der Waals surface area contributed by atoms with Gasteiger partial charge in [-0.1, -0.05) is 12.1 Å². The molecule has 0 fully saturated rings. The van der Waals surface area contributed by atoms with E-state index in [9.17, 15) is 27.9 Å². The van der Waals surface area contributed by atoms with Crippen LogP contribution < -0.4 is 0 Å². The molecule has 0 heterocycles. The minimum atomic E-state index is -4.50. The molecule has 0 saturated heterocycles. The van der Waals surface area contributed by atoms with Crippen molar-refractivity contribution in [1.82, 2.24) is 0 Å². The van der Waals surface area contributed by atoms with Crippen molar-refractivity contribution in [2.24, 2.45) is 0 Å². The maximum absolute atomic E-state index is 12.5. The Bertz CT molecular complexity index is 541. The fourth-order valence-corrected chi connectivity index (χ4v) is 1.80. The molecule has 0 spiro atoms. The Morgan fingerprint density at radius 3 is 2.00 bits per heavy atom. The molecule has 1 aromatic rings. The first kappa shape index (κ1) is 18.0. The SMILES string of the molecule is CC(C)(C)OC(=O)C[C@H](C(=O)O)c1ccc(C(F)(F)F)cc1. The summed E-state index contributed by atoms with van der Waals surface area (Å²) in [6.07, 6.45) is -4.94. The van der Waals surface area contributed by atoms with E-state index >= 15 is 0 Å². The molecule has 1 atom stereocenters. The number of benzene rings is 1. The van der Waals surface area contributed by atoms with Crippen LogP contribution in [0.1, 0.15) is 44.2 Å². The third-order valence-electron chi connectivity index (χ3n) is 2.73. The molecule has 1 aromatic carbocycles. The Labute approximate surface area is 125 Å². The van der Waals surface area contributed by atoms with Crippen molar-refractivity contribution in [1.29, 1.82) is 0 Å². The first-order chi connectivity index (χ1) is 9.90. The number of alkyl halides is 3. The number of hydrogen-bond acceptors (Lipinski definition) is 3. The van der Waals surface area contributed by atoms with Gasteiger partial charge in [-0.15, -0.1) is 0 Å². The molecule has 0 aliphatic rings. The minimum absolute atomic E-state index is 0.117. The summed E-state index contributed by atoms with van der Waals surface area (Å²) in [6.45, 7) is 4.91. The van der Waals surface area contributed by atoms with Gasteiger partial charge < -0.3 is 9.84 Å². The van der Waals surface area contributed by atoms with Crippen LogP contribution in [0, 0.1) is 0 Å². The molecular weight excluding hydrogens is 301 g/mol. The first-order valence-corrected chi connectivity index (χ1v) is 6.52. The largest absolute Gasteiger partial charge is 0.481 e. The van der Waals surface area contributed by atoms with Gasteiger partial charge in [-0.2, -0.15) is 13.2 Å². The van der Waals surface area contributed by atoms with E-state index in [4.69, 9.17) is 4.74 Å². The molecule has 1 rings (SSSR count). The maximum atomic E-state index is 12.5. The number of esters is 1. The highest BCUT2D eigenvalue weighted by Crippen LogP contribution is 2.31. The molecule has 0 aliphatic carbocycles. The van der Waals surface area contributed by atoms with E-state index in [1.807, 2.05) is 0 Å². The van der Waals surface area contributed by atoms with E-state index in [0.29, 0.717) is 0 Å². The summed E-state index contributed by atoms with van der Waals surface area (Å²) in [5.74, 6) is -3.28. The molecule has 0 amide bonds. The smallest absolute Gasteiger partial charge is 0.416 e. The number of carboxylic acids is 1. The maximum Gasteiger partial charge on any atom is 0.416 e. The fraction of sp³-hybridized carbons (Fsp3) is 0.467. The van der Waals surface area contributed by atoms with Gasteiger partial charge in [0.05, 0.1) is 17.9 Å². The molecule has 22 heavy (non-hydrogen) atoms. The standard InChI is InChI=1S/C15H17F3O4/c1-14(2,3)22-12(19)8-11(13(20)21)9-4-6-10(7-5-9)15(16,17)18/h4-7,11H,8H2,1-3H3,(H,20,21)/t11-/m0/s1. The third-order valence-corrected chi connectivity index (χ3v) is 2.73. The van der Waals surface area contributed by atoms with Gasteiger partial charge in [-0.25, -0.2) is 0 Å². The molecule has 0 aliphatic heterocycles. The molecule has 0 aromatic heterocycles. The number of ether oxygens (including phenoxy) is 1. The number of carboxylic acid groups (broad SMARTS) is 1. The van der Waals surface area contributed by atoms with E-state index in [1.165, 1.54) is 0 Å². The number of aliphatic carboxylic acids is 1. The lowest BCUT2D eigenvalue weighted by atomic mass is 9.95. The second-order valence-corrected chi connectivity index (χ2v) is 5.80. The van der Waals surface area contributed by atoms with Gasteiger partial charge in [0.15, 0.2) is 0 Å². The lowest BCUT2D eigenvalue weighted by Crippen LogP contribution is -2.26. The average molecular weight is 318 g/mol. The van der Waals surface area contributed by atoms with Crippen molar-refractivity contribution >= 4 is 11.9 Å². The highest BCUT2D eigenvalue weighted by Gasteiger charge is 2.31. The molecule has 0 saturated carbocycles. The van der Waals surface area contributed by atoms with Crippen LogP contribution in [0.4, 0.5) is 13.2 Å². The van der Waals surface area contributed by atoms with E-state index < -0.39 is 41.6 Å². The minimum Gasteiger partial charge on any atom is -0.481 e. The number of carbonyl (C=O) groups is 2. The number of rotatable bonds is 4. The van der Waals surface area contributed by atoms with Crippen molar-refractivity contribution in [2.75, 3.05) is 0 Å². The Hall–Kier alpha value is -2.05. The zero-order valence-electron chi connectivity index (χ0n) is 12.4. The van der Waals surface area contributed by atoms with Gasteiger partial charge in [0.1, 0.15) is 5.60 Å². The Morgan fingerprint density at radius 1 is 1.14 bits per heavy atom. The summed E-state index contributed by atoms with van der Waals surface area (Å²) in [5.41, 5.74) is -1.52. The third kappa shape index (κ3) is 5.38. The van der Waals surface area contributed by atoms with Crippen LogP contribution in [-0.4, -0.2) is 22.6 Å². The fourth-order valence-electron chi connectivity index (χ4n) is 1.80. The van der Waals surface area contributed by atoms with E-state index in [0.717, 1.165) is 24.3 Å². The summed E-state index contributed by atoms with van der Waals surface area (Å²) in [4.78, 5) is 23.0. The van der Waals surface area contributed by atoms with Gasteiger partial charge in [-0.3, -0.25) is 9.59 Å². The van der Waals surface area contributed by atoms with Crippen LogP contribution in [0.15, 0.2) is 24.3 Å². The molecule has 122 valence electrons. The van der Waals surface area contributed by atoms with Crippen LogP contribution in [0.25, 0.3) is 0 Å². The Kier molecular flexibility index (Phi) is 5.22. The molecule has 0 unspecified atom stereocenters. The quantitative estimate of drug-likeness (QED) is 0.862. The summed E-state index contributed by atoms with van der Waals surface area (Å²) in [7, 11) is 0. The first-order valence-electron chi connectivity index (χ1n) is 6.52. The molecular formula is C15H17F3O4. The highest BCUT2D eigenvalue weighted by molar-refractivity contribution is 5.83. The van der Waals surface area contributed by atoms with Crippen LogP contribution in [0.3, 0.4) is 0 Å². The van der Waals surface area contributed by atoms with Gasteiger partial charge in [0, 0.05) is 0 Å². The van der Waals surface area contributed by atoms with Crippen LogP contribution in [0.2, 0.25) is 0 Å². The lowest BCUT2D eigenvalue weighted by molar-refractivity contribution is -0.158. The number of hydrogen-bond donors (Lipinski definition) is 1. The molecule has 7 heteroatoms. The lowest BCUT2D eigenvalue weighted by Gasteiger charge is -2.21. The summed E-state index contributed by atoms with van der Waals surface area (Å²) >= 11 is 0. The van der Waals surface area contributed by atoms with Crippen LogP contribution in [-0.2, 0) is 20.5 Å². The summed E-state index contributed by atoms with van der Waals surface area (Å²) in [5, 5.41) is 9.17. The highest BCUT2D eigenvalue weighted by atomic mass is 19.4. The van der Waals surface area contributed by atoms with Crippen molar-refractivity contribution < 1.29 is 32.6 Å². The second kappa shape index (κ2) is 6.37. The predicted octanol–water partition coefficient (Wildman–Crippen LogP) is 3.61. The van der Waals surface area contributed by atoms with Crippen molar-refractivity contribution in [3.63, 3.8) is 0 Å². The van der Waals surface area contributed by atoms with Gasteiger partial charge in [-0.05, 0) is 38.5 Å². The zero-order chi connectivity index (χ0) is 17.1. The van der Waals surface area contributed by atoms with Gasteiger partial charge in [0.25, 0.3) is 0 Å². The van der Waals surface area contributed by atoms with Gasteiger partial charge >= 0.3 is 18.1 Å². The number of carbonyl (C=O) groups excluding carboxylic acids is 1. The molecule has 0 bridgehead atoms. The average Bonchev–Trinajstić information content (AvgIpc) is 2.32. The predicted molar refractivity (Wildman–Crippen MR) is 72.3 cm³/mol. The topological polar surface area (TPSA) is 63.6 Å². The van der Waals surface area contributed by atoms with Crippen molar-refractivity contribution in [2.45, 2.75) is 44.9 Å². The van der Waals surface area contributed by atoms with Crippen molar-refractivity contribution in [3.8, 4) is 0 Å². The summed E-state index contributed by atoms with van der Waals surface area (Å²) < 4.78 is 42.5. The van der Waals surface area contributed by atoms with E-state index in [-0.39, 0.29) is 5.56 Å². The Morgan fingerprint density at radius 2 is 1.64 bits per heavy atom. The normalized spacial score (nSPS) is 13.5. The van der Waals surface area contributed by atoms with Crippen LogP contribution in [0.5, 0.6) is 0 Å². The van der Waals surface area contributed by atoms with Crippen LogP contribution >= 0.6 is 0 Å². The van der Waals surface area contributed by atoms with Gasteiger partial charge in [0.2, 0.25) is 0 Å². The Balaban J connectivity index is 2.93. The monoisotopic (exact) mass is 318 g/mol. The summed E-state index contributed by atoms with van der Waals surface area (Å²) in [6, 6.07) is 3.71. The van der Waals surface area contributed by atoms with E-state index in [1.54, 1.807) is 20.8 Å². The molecule has 0 radical (unpaired) electrons. The van der Waals surface area contributed by atoms with E-state index in [2.05, 4.69) is 0 Å². The zero-order valence-corrected chi connectivity index (χ0v) is 12.4. The molecule has 1 N–H and O–H groups in total. The second-order valence-electron chi connectivity index (χ2n) is 5.80.